The Morgan fingerprint density at radius 3 is 3.05 bits per heavy atom. The minimum Gasteiger partial charge on any atom is -0.381 e. The fraction of sp³-hybridized carbons (Fsp3) is 0.357. The molecule has 1 N–H and O–H groups in total. The van der Waals surface area contributed by atoms with Crippen molar-refractivity contribution >= 4 is 21.6 Å². The minimum atomic E-state index is 0.312. The molecule has 0 saturated carbocycles. The highest BCUT2D eigenvalue weighted by atomic mass is 79.9. The number of nitrogens with one attached hydrogen (secondary N) is 1. The SMILES string of the molecule is C[C@@H](Cn1cc(Br)cn1)Nc1ccc2c(c1)COC2. The highest BCUT2D eigenvalue weighted by Crippen LogP contribution is 2.23. The second-order valence-electron chi connectivity index (χ2n) is 4.90. The van der Waals surface area contributed by atoms with E-state index in [9.17, 15) is 0 Å². The van der Waals surface area contributed by atoms with E-state index < -0.39 is 0 Å². The van der Waals surface area contributed by atoms with Crippen LogP contribution >= 0.6 is 15.9 Å². The standard InChI is InChI=1S/C14H16BrN3O/c1-10(6-18-7-13(15)5-16-18)17-14-3-2-11-8-19-9-12(11)4-14/h2-5,7,10,17H,6,8-9H2,1H3/t10-/m0/s1. The lowest BCUT2D eigenvalue weighted by Gasteiger charge is -2.16. The number of nitrogens with zero attached hydrogens (tertiary/aromatic N) is 2. The van der Waals surface area contributed by atoms with Gasteiger partial charge in [-0.3, -0.25) is 4.68 Å². The van der Waals surface area contributed by atoms with E-state index in [0.717, 1.165) is 29.9 Å². The van der Waals surface area contributed by atoms with E-state index in [1.165, 1.54) is 11.1 Å². The Morgan fingerprint density at radius 2 is 2.26 bits per heavy atom. The summed E-state index contributed by atoms with van der Waals surface area (Å²) in [6, 6.07) is 6.75. The Morgan fingerprint density at radius 1 is 1.42 bits per heavy atom. The van der Waals surface area contributed by atoms with Crippen LogP contribution in [0.4, 0.5) is 5.69 Å². The van der Waals surface area contributed by atoms with Gasteiger partial charge in [-0.05, 0) is 46.1 Å². The van der Waals surface area contributed by atoms with Crippen molar-refractivity contribution in [2.45, 2.75) is 32.7 Å². The summed E-state index contributed by atoms with van der Waals surface area (Å²) in [5.74, 6) is 0. The molecule has 1 aromatic carbocycles. The average Bonchev–Trinajstić information content (AvgIpc) is 2.97. The van der Waals surface area contributed by atoms with E-state index in [0.29, 0.717) is 6.04 Å². The lowest BCUT2D eigenvalue weighted by Crippen LogP contribution is -2.22. The fourth-order valence-corrected chi connectivity index (χ4v) is 2.64. The van der Waals surface area contributed by atoms with Gasteiger partial charge in [0.2, 0.25) is 0 Å². The van der Waals surface area contributed by atoms with Gasteiger partial charge in [-0.15, -0.1) is 0 Å². The quantitative estimate of drug-likeness (QED) is 0.940. The smallest absolute Gasteiger partial charge is 0.0725 e. The van der Waals surface area contributed by atoms with Crippen molar-refractivity contribution in [2.24, 2.45) is 0 Å². The summed E-state index contributed by atoms with van der Waals surface area (Å²) in [6.45, 7) is 4.45. The molecule has 0 fully saturated rings. The molecule has 5 heteroatoms. The van der Waals surface area contributed by atoms with Crippen LogP contribution in [0.3, 0.4) is 0 Å². The second kappa shape index (κ2) is 5.35. The van der Waals surface area contributed by atoms with E-state index in [4.69, 9.17) is 4.74 Å². The van der Waals surface area contributed by atoms with E-state index in [1.807, 2.05) is 10.9 Å². The molecule has 0 bridgehead atoms. The van der Waals surface area contributed by atoms with Gasteiger partial charge in [-0.1, -0.05) is 6.07 Å². The third-order valence-electron chi connectivity index (χ3n) is 3.20. The molecular formula is C14H16BrN3O. The van der Waals surface area contributed by atoms with Crippen LogP contribution in [0.2, 0.25) is 0 Å². The van der Waals surface area contributed by atoms with Crippen LogP contribution in [0.25, 0.3) is 0 Å². The number of hydrogen-bond donors (Lipinski definition) is 1. The molecule has 4 nitrogen and oxygen atoms in total. The van der Waals surface area contributed by atoms with Crippen molar-refractivity contribution in [1.29, 1.82) is 0 Å². The maximum Gasteiger partial charge on any atom is 0.0725 e. The Kier molecular flexibility index (Phi) is 3.57. The Labute approximate surface area is 120 Å². The number of halogens is 1. The van der Waals surface area contributed by atoms with Gasteiger partial charge in [0.15, 0.2) is 0 Å². The number of hydrogen-bond acceptors (Lipinski definition) is 3. The highest BCUT2D eigenvalue weighted by Gasteiger charge is 2.12. The number of fused-ring (bicyclic) bond motifs is 1. The lowest BCUT2D eigenvalue weighted by molar-refractivity contribution is 0.134. The van der Waals surface area contributed by atoms with E-state index in [1.54, 1.807) is 6.20 Å². The van der Waals surface area contributed by atoms with Crippen LogP contribution in [0, 0.1) is 0 Å². The first-order valence-electron chi connectivity index (χ1n) is 6.35. The van der Waals surface area contributed by atoms with E-state index in [2.05, 4.69) is 51.5 Å². The van der Waals surface area contributed by atoms with Gasteiger partial charge in [0.05, 0.1) is 30.4 Å². The number of ether oxygens (including phenoxy) is 1. The van der Waals surface area contributed by atoms with Crippen LogP contribution in [-0.2, 0) is 24.5 Å². The molecule has 1 aliphatic rings. The van der Waals surface area contributed by atoms with Gasteiger partial charge in [-0.25, -0.2) is 0 Å². The third-order valence-corrected chi connectivity index (χ3v) is 3.61. The average molecular weight is 322 g/mol. The lowest BCUT2D eigenvalue weighted by atomic mass is 10.1. The first-order valence-corrected chi connectivity index (χ1v) is 7.14. The predicted octanol–water partition coefficient (Wildman–Crippen LogP) is 3.18. The van der Waals surface area contributed by atoms with Gasteiger partial charge in [0.25, 0.3) is 0 Å². The van der Waals surface area contributed by atoms with Gasteiger partial charge in [-0.2, -0.15) is 5.10 Å². The largest absolute Gasteiger partial charge is 0.381 e. The third kappa shape index (κ3) is 2.98. The van der Waals surface area contributed by atoms with Crippen LogP contribution in [0.1, 0.15) is 18.1 Å². The second-order valence-corrected chi connectivity index (χ2v) is 5.82. The molecule has 0 aliphatic carbocycles. The van der Waals surface area contributed by atoms with Crippen molar-refractivity contribution in [2.75, 3.05) is 5.32 Å². The number of anilines is 1. The Bertz CT molecular complexity index is 582. The summed E-state index contributed by atoms with van der Waals surface area (Å²) >= 11 is 3.41. The molecule has 100 valence electrons. The molecule has 0 amide bonds. The summed E-state index contributed by atoms with van der Waals surface area (Å²) < 4.78 is 8.36. The molecule has 2 aromatic rings. The zero-order chi connectivity index (χ0) is 13.2. The van der Waals surface area contributed by atoms with Crippen LogP contribution < -0.4 is 5.32 Å². The number of aromatic nitrogens is 2. The molecule has 0 unspecified atom stereocenters. The molecule has 0 spiro atoms. The predicted molar refractivity (Wildman–Crippen MR) is 77.9 cm³/mol. The molecular weight excluding hydrogens is 306 g/mol. The normalized spacial score (nSPS) is 15.3. The molecule has 1 atom stereocenters. The van der Waals surface area contributed by atoms with Crippen molar-refractivity contribution < 1.29 is 4.74 Å². The molecule has 19 heavy (non-hydrogen) atoms. The van der Waals surface area contributed by atoms with Gasteiger partial charge in [0, 0.05) is 17.9 Å². The zero-order valence-electron chi connectivity index (χ0n) is 10.8. The van der Waals surface area contributed by atoms with Crippen molar-refractivity contribution in [3.05, 3.63) is 46.2 Å². The molecule has 3 rings (SSSR count). The van der Waals surface area contributed by atoms with Crippen LogP contribution in [0.5, 0.6) is 0 Å². The zero-order valence-corrected chi connectivity index (χ0v) is 12.4. The number of rotatable bonds is 4. The highest BCUT2D eigenvalue weighted by molar-refractivity contribution is 9.10. The Hall–Kier alpha value is -1.33. The summed E-state index contributed by atoms with van der Waals surface area (Å²) in [5.41, 5.74) is 3.73. The van der Waals surface area contributed by atoms with Gasteiger partial charge < -0.3 is 10.1 Å². The van der Waals surface area contributed by atoms with Gasteiger partial charge >= 0.3 is 0 Å². The summed E-state index contributed by atoms with van der Waals surface area (Å²) in [6.07, 6.45) is 3.79. The first-order chi connectivity index (χ1) is 9.20. The summed E-state index contributed by atoms with van der Waals surface area (Å²) in [4.78, 5) is 0. The molecule has 2 heterocycles. The molecule has 1 aliphatic heterocycles. The van der Waals surface area contributed by atoms with Crippen molar-refractivity contribution in [3.8, 4) is 0 Å². The van der Waals surface area contributed by atoms with Crippen molar-refractivity contribution in [3.63, 3.8) is 0 Å². The first kappa shape index (κ1) is 12.7. The molecule has 0 radical (unpaired) electrons. The topological polar surface area (TPSA) is 39.1 Å². The minimum absolute atomic E-state index is 0.312. The fourth-order valence-electron chi connectivity index (χ4n) is 2.31. The monoisotopic (exact) mass is 321 g/mol. The van der Waals surface area contributed by atoms with E-state index in [-0.39, 0.29) is 0 Å². The van der Waals surface area contributed by atoms with Crippen molar-refractivity contribution in [1.82, 2.24) is 9.78 Å². The molecule has 0 saturated heterocycles. The summed E-state index contributed by atoms with van der Waals surface area (Å²) in [5, 5.41) is 7.76. The van der Waals surface area contributed by atoms with Gasteiger partial charge in [0.1, 0.15) is 0 Å². The number of benzene rings is 1. The van der Waals surface area contributed by atoms with Crippen LogP contribution in [0.15, 0.2) is 35.1 Å². The maximum absolute atomic E-state index is 5.43. The van der Waals surface area contributed by atoms with E-state index >= 15 is 0 Å². The summed E-state index contributed by atoms with van der Waals surface area (Å²) in [7, 11) is 0. The molecule has 1 aromatic heterocycles. The maximum atomic E-state index is 5.43. The Balaban J connectivity index is 1.64. The van der Waals surface area contributed by atoms with Crippen LogP contribution in [-0.4, -0.2) is 15.8 Å².